The molecule has 0 aliphatic carbocycles. The SMILES string of the molecule is O=C(CC1CCOc2ccccc21)N1CCC(Oc2ccccn2)C1. The van der Waals surface area contributed by atoms with Gasteiger partial charge in [0, 0.05) is 31.6 Å². The van der Waals surface area contributed by atoms with Crippen molar-refractivity contribution in [2.24, 2.45) is 0 Å². The lowest BCUT2D eigenvalue weighted by atomic mass is 9.90. The van der Waals surface area contributed by atoms with E-state index in [0.29, 0.717) is 25.5 Å². The van der Waals surface area contributed by atoms with Gasteiger partial charge in [-0.15, -0.1) is 0 Å². The molecule has 130 valence electrons. The van der Waals surface area contributed by atoms with Gasteiger partial charge in [0.2, 0.25) is 11.8 Å². The number of ether oxygens (including phenoxy) is 2. The standard InChI is InChI=1S/C20H22N2O3/c23-20(13-15-9-12-24-18-6-2-1-5-17(15)18)22-11-8-16(14-22)25-19-7-3-4-10-21-19/h1-7,10,15-16H,8-9,11-14H2. The number of aromatic nitrogens is 1. The van der Waals surface area contributed by atoms with E-state index in [1.165, 1.54) is 0 Å². The van der Waals surface area contributed by atoms with Crippen molar-refractivity contribution >= 4 is 5.91 Å². The van der Waals surface area contributed by atoms with Crippen molar-refractivity contribution in [2.75, 3.05) is 19.7 Å². The van der Waals surface area contributed by atoms with Crippen LogP contribution in [0.5, 0.6) is 11.6 Å². The van der Waals surface area contributed by atoms with Crippen molar-refractivity contribution < 1.29 is 14.3 Å². The Labute approximate surface area is 147 Å². The predicted octanol–water partition coefficient (Wildman–Crippen LogP) is 3.02. The van der Waals surface area contributed by atoms with E-state index in [0.717, 1.165) is 30.7 Å². The van der Waals surface area contributed by atoms with Crippen molar-refractivity contribution in [3.05, 3.63) is 54.2 Å². The summed E-state index contributed by atoms with van der Waals surface area (Å²) in [4.78, 5) is 18.8. The minimum absolute atomic E-state index is 0.0285. The highest BCUT2D eigenvalue weighted by atomic mass is 16.5. The number of likely N-dealkylation sites (tertiary alicyclic amines) is 1. The first-order chi connectivity index (χ1) is 12.3. The Hall–Kier alpha value is -2.56. The molecule has 25 heavy (non-hydrogen) atoms. The summed E-state index contributed by atoms with van der Waals surface area (Å²) < 4.78 is 11.6. The Kier molecular flexibility index (Phi) is 4.55. The van der Waals surface area contributed by atoms with E-state index in [1.807, 2.05) is 41.3 Å². The maximum atomic E-state index is 12.7. The molecule has 1 aromatic carbocycles. The van der Waals surface area contributed by atoms with Crippen LogP contribution in [0.25, 0.3) is 0 Å². The highest BCUT2D eigenvalue weighted by molar-refractivity contribution is 5.77. The Morgan fingerprint density at radius 1 is 1.20 bits per heavy atom. The molecule has 2 atom stereocenters. The second kappa shape index (κ2) is 7.13. The van der Waals surface area contributed by atoms with Gasteiger partial charge >= 0.3 is 0 Å². The third kappa shape index (κ3) is 3.60. The quantitative estimate of drug-likeness (QED) is 0.860. The highest BCUT2D eigenvalue weighted by Crippen LogP contribution is 2.36. The fraction of sp³-hybridized carbons (Fsp3) is 0.400. The van der Waals surface area contributed by atoms with Crippen LogP contribution >= 0.6 is 0 Å². The first kappa shape index (κ1) is 15.9. The van der Waals surface area contributed by atoms with E-state index in [2.05, 4.69) is 11.1 Å². The van der Waals surface area contributed by atoms with Crippen molar-refractivity contribution in [3.8, 4) is 11.6 Å². The average molecular weight is 338 g/mol. The minimum Gasteiger partial charge on any atom is -0.493 e. The molecule has 0 N–H and O–H groups in total. The van der Waals surface area contributed by atoms with Crippen LogP contribution in [0.1, 0.15) is 30.7 Å². The molecule has 1 amide bonds. The van der Waals surface area contributed by atoms with E-state index >= 15 is 0 Å². The zero-order valence-corrected chi connectivity index (χ0v) is 14.1. The number of para-hydroxylation sites is 1. The molecule has 2 unspecified atom stereocenters. The number of hydrogen-bond donors (Lipinski definition) is 0. The molecule has 1 aromatic heterocycles. The van der Waals surface area contributed by atoms with E-state index in [4.69, 9.17) is 9.47 Å². The van der Waals surface area contributed by atoms with Crippen LogP contribution in [-0.4, -0.2) is 41.6 Å². The summed E-state index contributed by atoms with van der Waals surface area (Å²) in [5.41, 5.74) is 1.16. The second-order valence-electron chi connectivity index (χ2n) is 6.61. The summed E-state index contributed by atoms with van der Waals surface area (Å²) in [7, 11) is 0. The average Bonchev–Trinajstić information content (AvgIpc) is 3.11. The van der Waals surface area contributed by atoms with Crippen molar-refractivity contribution in [2.45, 2.75) is 31.3 Å². The van der Waals surface area contributed by atoms with Crippen molar-refractivity contribution in [1.29, 1.82) is 0 Å². The third-order valence-electron chi connectivity index (χ3n) is 4.93. The smallest absolute Gasteiger partial charge is 0.223 e. The van der Waals surface area contributed by atoms with Gasteiger partial charge in [-0.3, -0.25) is 4.79 Å². The lowest BCUT2D eigenvalue weighted by Gasteiger charge is -2.27. The molecule has 2 aliphatic rings. The number of carbonyl (C=O) groups is 1. The summed E-state index contributed by atoms with van der Waals surface area (Å²) in [5.74, 6) is 1.99. The number of hydrogen-bond acceptors (Lipinski definition) is 4. The summed E-state index contributed by atoms with van der Waals surface area (Å²) in [5, 5.41) is 0. The van der Waals surface area contributed by atoms with E-state index < -0.39 is 0 Å². The molecule has 0 spiro atoms. The normalized spacial score (nSPS) is 22.2. The Balaban J connectivity index is 1.35. The zero-order valence-electron chi connectivity index (χ0n) is 14.1. The molecule has 5 heteroatoms. The van der Waals surface area contributed by atoms with E-state index in [-0.39, 0.29) is 17.9 Å². The van der Waals surface area contributed by atoms with Gasteiger partial charge in [0.1, 0.15) is 11.9 Å². The van der Waals surface area contributed by atoms with Crippen LogP contribution in [0.3, 0.4) is 0 Å². The monoisotopic (exact) mass is 338 g/mol. The molecular formula is C20H22N2O3. The molecule has 2 aromatic rings. The predicted molar refractivity (Wildman–Crippen MR) is 93.8 cm³/mol. The van der Waals surface area contributed by atoms with Crippen molar-refractivity contribution in [1.82, 2.24) is 9.88 Å². The Morgan fingerprint density at radius 2 is 2.08 bits per heavy atom. The number of amides is 1. The van der Waals surface area contributed by atoms with Crippen LogP contribution in [0.2, 0.25) is 0 Å². The van der Waals surface area contributed by atoms with Gasteiger partial charge < -0.3 is 14.4 Å². The summed E-state index contributed by atoms with van der Waals surface area (Å²) in [6.07, 6.45) is 4.03. The lowest BCUT2D eigenvalue weighted by molar-refractivity contribution is -0.131. The summed E-state index contributed by atoms with van der Waals surface area (Å²) in [6, 6.07) is 13.7. The Morgan fingerprint density at radius 3 is 2.96 bits per heavy atom. The topological polar surface area (TPSA) is 51.7 Å². The van der Waals surface area contributed by atoms with Crippen LogP contribution in [0.4, 0.5) is 0 Å². The zero-order chi connectivity index (χ0) is 17.1. The van der Waals surface area contributed by atoms with E-state index in [1.54, 1.807) is 6.20 Å². The second-order valence-corrected chi connectivity index (χ2v) is 6.61. The van der Waals surface area contributed by atoms with Gasteiger partial charge in [0.15, 0.2) is 0 Å². The minimum atomic E-state index is 0.0285. The van der Waals surface area contributed by atoms with Gasteiger partial charge in [0.05, 0.1) is 13.2 Å². The van der Waals surface area contributed by atoms with E-state index in [9.17, 15) is 4.79 Å². The van der Waals surface area contributed by atoms with Gasteiger partial charge in [-0.05, 0) is 30.0 Å². The fourth-order valence-electron chi connectivity index (χ4n) is 3.61. The van der Waals surface area contributed by atoms with Gasteiger partial charge in [-0.2, -0.15) is 0 Å². The van der Waals surface area contributed by atoms with Gasteiger partial charge in [-0.25, -0.2) is 4.98 Å². The molecule has 1 fully saturated rings. The molecule has 4 rings (SSSR count). The van der Waals surface area contributed by atoms with Crippen molar-refractivity contribution in [3.63, 3.8) is 0 Å². The molecular weight excluding hydrogens is 316 g/mol. The van der Waals surface area contributed by atoms with Crippen LogP contribution < -0.4 is 9.47 Å². The summed E-state index contributed by atoms with van der Waals surface area (Å²) >= 11 is 0. The number of pyridine rings is 1. The van der Waals surface area contributed by atoms with Crippen LogP contribution in [0, 0.1) is 0 Å². The Bertz CT molecular complexity index is 735. The largest absolute Gasteiger partial charge is 0.493 e. The lowest BCUT2D eigenvalue weighted by Crippen LogP contribution is -2.32. The first-order valence-electron chi connectivity index (χ1n) is 8.87. The maximum absolute atomic E-state index is 12.7. The number of nitrogens with zero attached hydrogens (tertiary/aromatic N) is 2. The number of carbonyl (C=O) groups excluding carboxylic acids is 1. The first-order valence-corrected chi connectivity index (χ1v) is 8.87. The number of rotatable bonds is 4. The third-order valence-corrected chi connectivity index (χ3v) is 4.93. The maximum Gasteiger partial charge on any atom is 0.223 e. The molecule has 2 aliphatic heterocycles. The highest BCUT2D eigenvalue weighted by Gasteiger charge is 2.31. The molecule has 5 nitrogen and oxygen atoms in total. The number of fused-ring (bicyclic) bond motifs is 1. The molecule has 0 bridgehead atoms. The molecule has 3 heterocycles. The molecule has 0 saturated carbocycles. The molecule has 0 radical (unpaired) electrons. The van der Waals surface area contributed by atoms with Gasteiger partial charge in [0.25, 0.3) is 0 Å². The summed E-state index contributed by atoms with van der Waals surface area (Å²) in [6.45, 7) is 2.07. The number of benzene rings is 1. The van der Waals surface area contributed by atoms with Crippen LogP contribution in [0.15, 0.2) is 48.7 Å². The van der Waals surface area contributed by atoms with Crippen LogP contribution in [-0.2, 0) is 4.79 Å². The molecule has 1 saturated heterocycles. The van der Waals surface area contributed by atoms with Gasteiger partial charge in [-0.1, -0.05) is 24.3 Å². The fourth-order valence-corrected chi connectivity index (χ4v) is 3.61.